The molecule has 0 heterocycles. The average molecular weight is 367 g/mol. The molecule has 2 aromatic carbocycles. The second-order valence-electron chi connectivity index (χ2n) is 4.19. The largest absolute Gasteiger partial charge is 0.380 e. The predicted octanol–water partition coefficient (Wildman–Crippen LogP) is 4.49. The van der Waals surface area contributed by atoms with Crippen LogP contribution >= 0.6 is 27.5 Å². The van der Waals surface area contributed by atoms with Gasteiger partial charge < -0.3 is 5.32 Å². The number of nitrogens with zero attached hydrogens (tertiary/aromatic N) is 2. The van der Waals surface area contributed by atoms with Gasteiger partial charge in [0.15, 0.2) is 0 Å². The van der Waals surface area contributed by atoms with Crippen LogP contribution in [0.5, 0.6) is 0 Å². The monoisotopic (exact) mass is 365 g/mol. The highest BCUT2D eigenvalue weighted by Gasteiger charge is 2.14. The lowest BCUT2D eigenvalue weighted by atomic mass is 10.1. The van der Waals surface area contributed by atoms with E-state index in [1.54, 1.807) is 30.3 Å². The van der Waals surface area contributed by atoms with Crippen molar-refractivity contribution in [1.82, 2.24) is 0 Å². The standard InChI is InChI=1S/C14H9BrClN3O2/c15-11-3-1-9(7-17)13(5-11)18-8-10-2-4-12(16)6-14(10)19(20)21/h1-6,18H,8H2. The third-order valence-corrected chi connectivity index (χ3v) is 3.54. The van der Waals surface area contributed by atoms with Crippen molar-refractivity contribution in [2.75, 3.05) is 5.32 Å². The molecule has 5 nitrogen and oxygen atoms in total. The number of nitro groups is 1. The number of hydrogen-bond acceptors (Lipinski definition) is 4. The lowest BCUT2D eigenvalue weighted by Crippen LogP contribution is -2.04. The summed E-state index contributed by atoms with van der Waals surface area (Å²) in [4.78, 5) is 10.5. The molecule has 0 amide bonds. The molecule has 0 spiro atoms. The summed E-state index contributed by atoms with van der Waals surface area (Å²) in [5.74, 6) is 0. The summed E-state index contributed by atoms with van der Waals surface area (Å²) < 4.78 is 0.814. The van der Waals surface area contributed by atoms with Crippen molar-refractivity contribution in [2.24, 2.45) is 0 Å². The van der Waals surface area contributed by atoms with Crippen LogP contribution in [0.1, 0.15) is 11.1 Å². The van der Waals surface area contributed by atoms with Crippen molar-refractivity contribution in [3.63, 3.8) is 0 Å². The van der Waals surface area contributed by atoms with Crippen LogP contribution < -0.4 is 5.32 Å². The minimum atomic E-state index is -0.477. The van der Waals surface area contributed by atoms with Crippen molar-refractivity contribution in [3.8, 4) is 6.07 Å². The average Bonchev–Trinajstić information content (AvgIpc) is 2.46. The first kappa shape index (κ1) is 15.3. The zero-order valence-corrected chi connectivity index (χ0v) is 13.0. The number of nitro benzene ring substituents is 1. The van der Waals surface area contributed by atoms with Gasteiger partial charge in [-0.1, -0.05) is 27.5 Å². The lowest BCUT2D eigenvalue weighted by molar-refractivity contribution is -0.385. The Morgan fingerprint density at radius 2 is 2.10 bits per heavy atom. The number of halogens is 2. The van der Waals surface area contributed by atoms with Crippen LogP contribution in [-0.2, 0) is 6.54 Å². The Bertz CT molecular complexity index is 743. The first-order valence-electron chi connectivity index (χ1n) is 5.87. The van der Waals surface area contributed by atoms with E-state index in [-0.39, 0.29) is 12.2 Å². The molecule has 1 N–H and O–H groups in total. The summed E-state index contributed by atoms with van der Waals surface area (Å²) in [6.07, 6.45) is 0. The normalized spacial score (nSPS) is 9.95. The summed E-state index contributed by atoms with van der Waals surface area (Å²) in [5.41, 5.74) is 1.52. The number of hydrogen-bond donors (Lipinski definition) is 1. The van der Waals surface area contributed by atoms with Gasteiger partial charge in [0.1, 0.15) is 6.07 Å². The van der Waals surface area contributed by atoms with E-state index in [2.05, 4.69) is 27.3 Å². The lowest BCUT2D eigenvalue weighted by Gasteiger charge is -2.09. The van der Waals surface area contributed by atoms with E-state index in [1.165, 1.54) is 6.07 Å². The molecule has 0 saturated carbocycles. The highest BCUT2D eigenvalue weighted by molar-refractivity contribution is 9.10. The number of anilines is 1. The van der Waals surface area contributed by atoms with Crippen molar-refractivity contribution >= 4 is 38.9 Å². The first-order chi connectivity index (χ1) is 10.0. The van der Waals surface area contributed by atoms with Crippen molar-refractivity contribution in [1.29, 1.82) is 5.26 Å². The Morgan fingerprint density at radius 1 is 1.33 bits per heavy atom. The van der Waals surface area contributed by atoms with Gasteiger partial charge in [-0.3, -0.25) is 10.1 Å². The Labute approximate surface area is 134 Å². The molecule has 0 aliphatic heterocycles. The summed E-state index contributed by atoms with van der Waals surface area (Å²) in [6.45, 7) is 0.221. The smallest absolute Gasteiger partial charge is 0.275 e. The molecule has 2 rings (SSSR count). The van der Waals surface area contributed by atoms with Crippen LogP contribution in [0.3, 0.4) is 0 Å². The Kier molecular flexibility index (Phi) is 4.78. The van der Waals surface area contributed by atoms with Crippen molar-refractivity contribution in [3.05, 3.63) is 67.1 Å². The molecule has 21 heavy (non-hydrogen) atoms. The molecule has 0 fully saturated rings. The van der Waals surface area contributed by atoms with Gasteiger partial charge in [0.25, 0.3) is 5.69 Å². The van der Waals surface area contributed by atoms with Crippen LogP contribution in [0, 0.1) is 21.4 Å². The van der Waals surface area contributed by atoms with E-state index in [0.717, 1.165) is 4.47 Å². The van der Waals surface area contributed by atoms with E-state index in [1.807, 2.05) is 0 Å². The zero-order valence-electron chi connectivity index (χ0n) is 10.6. The van der Waals surface area contributed by atoms with Crippen molar-refractivity contribution < 1.29 is 4.92 Å². The van der Waals surface area contributed by atoms with Gasteiger partial charge in [0.2, 0.25) is 0 Å². The summed E-state index contributed by atoms with van der Waals surface area (Å²) in [6, 6.07) is 11.7. The maximum Gasteiger partial charge on any atom is 0.275 e. The number of nitrogens with one attached hydrogen (secondary N) is 1. The molecule has 0 bridgehead atoms. The molecule has 0 saturated heterocycles. The number of benzene rings is 2. The van der Waals surface area contributed by atoms with Gasteiger partial charge in [-0.05, 0) is 30.3 Å². The van der Waals surface area contributed by atoms with E-state index in [9.17, 15) is 10.1 Å². The topological polar surface area (TPSA) is 79.0 Å². The highest BCUT2D eigenvalue weighted by Crippen LogP contribution is 2.26. The number of rotatable bonds is 4. The summed E-state index contributed by atoms with van der Waals surface area (Å²) in [5, 5.41) is 23.4. The van der Waals surface area contributed by atoms with Gasteiger partial charge in [0.05, 0.1) is 16.2 Å². The molecule has 106 valence electrons. The fourth-order valence-corrected chi connectivity index (χ4v) is 2.33. The molecule has 0 radical (unpaired) electrons. The van der Waals surface area contributed by atoms with Crippen LogP contribution in [-0.4, -0.2) is 4.92 Å². The van der Waals surface area contributed by atoms with Crippen molar-refractivity contribution in [2.45, 2.75) is 6.54 Å². The molecule has 0 atom stereocenters. The Morgan fingerprint density at radius 3 is 2.76 bits per heavy atom. The number of nitriles is 1. The van der Waals surface area contributed by atoms with E-state index in [0.29, 0.717) is 21.8 Å². The van der Waals surface area contributed by atoms with Gasteiger partial charge in [-0.25, -0.2) is 0 Å². The maximum atomic E-state index is 11.0. The van der Waals surface area contributed by atoms with E-state index < -0.39 is 4.92 Å². The molecular formula is C14H9BrClN3O2. The first-order valence-corrected chi connectivity index (χ1v) is 7.04. The molecule has 2 aromatic rings. The molecule has 0 aromatic heterocycles. The van der Waals surface area contributed by atoms with E-state index in [4.69, 9.17) is 16.9 Å². The minimum absolute atomic E-state index is 0.0523. The van der Waals surface area contributed by atoms with Crippen LogP contribution in [0.2, 0.25) is 5.02 Å². The van der Waals surface area contributed by atoms with Gasteiger partial charge >= 0.3 is 0 Å². The van der Waals surface area contributed by atoms with Crippen LogP contribution in [0.4, 0.5) is 11.4 Å². The third kappa shape index (κ3) is 3.72. The fraction of sp³-hybridized carbons (Fsp3) is 0.0714. The maximum absolute atomic E-state index is 11.0. The minimum Gasteiger partial charge on any atom is -0.380 e. The highest BCUT2D eigenvalue weighted by atomic mass is 79.9. The molecule has 7 heteroatoms. The van der Waals surface area contributed by atoms with E-state index >= 15 is 0 Å². The van der Waals surface area contributed by atoms with Gasteiger partial charge in [0, 0.05) is 27.7 Å². The molecule has 0 aliphatic rings. The third-order valence-electron chi connectivity index (χ3n) is 2.82. The quantitative estimate of drug-likeness (QED) is 0.638. The summed E-state index contributed by atoms with van der Waals surface area (Å²) >= 11 is 9.10. The molecule has 0 aliphatic carbocycles. The zero-order chi connectivity index (χ0) is 15.4. The molecular weight excluding hydrogens is 358 g/mol. The SMILES string of the molecule is N#Cc1ccc(Br)cc1NCc1ccc(Cl)cc1[N+](=O)[O-]. The second kappa shape index (κ2) is 6.57. The second-order valence-corrected chi connectivity index (χ2v) is 5.54. The Balaban J connectivity index is 2.27. The Hall–Kier alpha value is -2.10. The molecule has 0 unspecified atom stereocenters. The fourth-order valence-electron chi connectivity index (χ4n) is 1.81. The predicted molar refractivity (Wildman–Crippen MR) is 84.3 cm³/mol. The van der Waals surface area contributed by atoms with Gasteiger partial charge in [-0.15, -0.1) is 0 Å². The van der Waals surface area contributed by atoms with Gasteiger partial charge in [-0.2, -0.15) is 5.26 Å². The van der Waals surface area contributed by atoms with Crippen LogP contribution in [0.25, 0.3) is 0 Å². The summed E-state index contributed by atoms with van der Waals surface area (Å²) in [7, 11) is 0. The van der Waals surface area contributed by atoms with Crippen LogP contribution in [0.15, 0.2) is 40.9 Å².